The molecule has 5 heteroatoms. The van der Waals surface area contributed by atoms with E-state index in [2.05, 4.69) is 325 Å². The van der Waals surface area contributed by atoms with Gasteiger partial charge in [-0.3, -0.25) is 0 Å². The van der Waals surface area contributed by atoms with Crippen LogP contribution >= 0.6 is 34.0 Å². The number of anilines is 6. The number of fused-ring (bicyclic) bond motifs is 19. The molecular weight excluding hydrogens is 1150 g/mol. The quantitative estimate of drug-likeness (QED) is 0.142. The molecule has 0 fully saturated rings. The van der Waals surface area contributed by atoms with Crippen molar-refractivity contribution >= 4 is 129 Å². The summed E-state index contributed by atoms with van der Waals surface area (Å²) in [7, 11) is 0. The highest BCUT2D eigenvalue weighted by atomic mass is 32.1. The predicted molar refractivity (Wildman–Crippen MR) is 387 cm³/mol. The first-order chi connectivity index (χ1) is 44.6. The SMILES string of the molecule is c1ccc(N(c2ccc(-c3ccc4sc5ccccc5c4c3)cc2)c2cc3sc4ccccc4c3cc2-c2cccc3c2sc2c(N(c4ccccc4)c4cccc(-c5ccc6c(c5)-c5ccccc5C65c6ccccc6-c6ccccc65)c4)cccc23)cc1. The molecule has 2 aliphatic rings. The molecule has 17 aromatic rings. The molecule has 0 atom stereocenters. The summed E-state index contributed by atoms with van der Waals surface area (Å²) in [6, 6.07) is 118. The molecule has 0 radical (unpaired) electrons. The fraction of sp³-hybridized carbons (Fsp3) is 0.0118. The van der Waals surface area contributed by atoms with Crippen LogP contribution in [0.25, 0.3) is 116 Å². The molecule has 1 spiro atoms. The van der Waals surface area contributed by atoms with E-state index in [-0.39, 0.29) is 5.41 Å². The molecule has 0 bridgehead atoms. The molecule has 2 nitrogen and oxygen atoms in total. The maximum Gasteiger partial charge on any atom is 0.0725 e. The number of hydrogen-bond acceptors (Lipinski definition) is 5. The van der Waals surface area contributed by atoms with E-state index in [4.69, 9.17) is 0 Å². The maximum absolute atomic E-state index is 2.49. The second-order valence-electron chi connectivity index (χ2n) is 23.8. The summed E-state index contributed by atoms with van der Waals surface area (Å²) in [6.07, 6.45) is 0. The van der Waals surface area contributed by atoms with Gasteiger partial charge in [0.25, 0.3) is 0 Å². The zero-order valence-electron chi connectivity index (χ0n) is 48.6. The first-order valence-corrected chi connectivity index (χ1v) is 33.2. The minimum atomic E-state index is -0.385. The van der Waals surface area contributed by atoms with Crippen LogP contribution in [0.2, 0.25) is 0 Å². The number of thiophene rings is 3. The average molecular weight is 1200 g/mol. The Bertz CT molecular complexity index is 5710. The highest BCUT2D eigenvalue weighted by Crippen LogP contribution is 2.63. The number of benzene rings is 14. The summed E-state index contributed by atoms with van der Waals surface area (Å²) in [6.45, 7) is 0. The number of rotatable bonds is 9. The zero-order valence-corrected chi connectivity index (χ0v) is 51.1. The second-order valence-corrected chi connectivity index (χ2v) is 27.0. The molecule has 3 aromatic heterocycles. The standard InChI is InChI=1S/C85H52N2S3/c1-3-21-57(22-4-1)86(59-44-40-53(41-45-59)55-43-47-81-71(50-55)64-29-10-15-38-79(64)88-81)78-52-82-72(65-30-11-16-39-80(65)89-82)51-70(78)68-32-18-31-66-67-33-19-37-77(84(67)90-83(66)68)87(58-23-5-2-6-24-58)60-25-17-20-54(48-60)56-42-46-76-69(49-56)63-28-9-14-36-75(63)85(76)73-34-12-7-26-61(73)62-27-8-13-35-74(62)85/h1-52H. The van der Waals surface area contributed by atoms with E-state index < -0.39 is 0 Å². The first-order valence-electron chi connectivity index (χ1n) is 30.8. The van der Waals surface area contributed by atoms with Gasteiger partial charge in [-0.25, -0.2) is 0 Å². The van der Waals surface area contributed by atoms with Gasteiger partial charge in [-0.2, -0.15) is 0 Å². The Hall–Kier alpha value is -10.7. The van der Waals surface area contributed by atoms with Crippen molar-refractivity contribution in [2.24, 2.45) is 0 Å². The lowest BCUT2D eigenvalue weighted by atomic mass is 9.70. The third kappa shape index (κ3) is 7.67. The Balaban J connectivity index is 0.761. The summed E-state index contributed by atoms with van der Waals surface area (Å²) >= 11 is 5.64. The topological polar surface area (TPSA) is 6.48 Å². The highest BCUT2D eigenvalue weighted by molar-refractivity contribution is 7.27. The third-order valence-corrected chi connectivity index (χ3v) is 22.6. The molecule has 0 saturated heterocycles. The third-order valence-electron chi connectivity index (χ3n) is 19.1. The molecule has 0 N–H and O–H groups in total. The van der Waals surface area contributed by atoms with Crippen molar-refractivity contribution in [3.63, 3.8) is 0 Å². The van der Waals surface area contributed by atoms with Gasteiger partial charge >= 0.3 is 0 Å². The van der Waals surface area contributed by atoms with E-state index >= 15 is 0 Å². The maximum atomic E-state index is 2.49. The van der Waals surface area contributed by atoms with E-state index in [1.54, 1.807) is 0 Å². The number of hydrogen-bond donors (Lipinski definition) is 0. The van der Waals surface area contributed by atoms with Gasteiger partial charge < -0.3 is 9.80 Å². The Morgan fingerprint density at radius 2 is 0.667 bits per heavy atom. The van der Waals surface area contributed by atoms with E-state index in [0.717, 1.165) is 34.1 Å². The highest BCUT2D eigenvalue weighted by Gasteiger charge is 2.51. The molecule has 19 rings (SSSR count). The summed E-state index contributed by atoms with van der Waals surface area (Å²) in [5.41, 5.74) is 24.1. The minimum absolute atomic E-state index is 0.385. The van der Waals surface area contributed by atoms with Crippen LogP contribution in [0, 0.1) is 0 Å². The largest absolute Gasteiger partial charge is 0.310 e. The van der Waals surface area contributed by atoms with Gasteiger partial charge in [0.15, 0.2) is 0 Å². The Kier molecular flexibility index (Phi) is 11.5. The van der Waals surface area contributed by atoms with Crippen LogP contribution in [-0.4, -0.2) is 0 Å². The lowest BCUT2D eigenvalue weighted by molar-refractivity contribution is 0.794. The van der Waals surface area contributed by atoms with Crippen molar-refractivity contribution in [3.8, 4) is 55.6 Å². The monoisotopic (exact) mass is 1200 g/mol. The van der Waals surface area contributed by atoms with Gasteiger partial charge in [-0.05, 0) is 164 Å². The molecule has 0 saturated carbocycles. The van der Waals surface area contributed by atoms with Crippen molar-refractivity contribution in [3.05, 3.63) is 338 Å². The molecular formula is C85H52N2S3. The second kappa shape index (κ2) is 20.2. The summed E-state index contributed by atoms with van der Waals surface area (Å²) < 4.78 is 7.67. The van der Waals surface area contributed by atoms with Crippen molar-refractivity contribution in [2.75, 3.05) is 9.80 Å². The average Bonchev–Trinajstić information content (AvgIpc) is 1.52. The summed E-state index contributed by atoms with van der Waals surface area (Å²) in [5, 5.41) is 7.65. The minimum Gasteiger partial charge on any atom is -0.310 e. The van der Waals surface area contributed by atoms with Crippen LogP contribution in [0.15, 0.2) is 315 Å². The van der Waals surface area contributed by atoms with E-state index in [9.17, 15) is 0 Å². The van der Waals surface area contributed by atoms with E-state index in [0.29, 0.717) is 0 Å². The Morgan fingerprint density at radius 3 is 1.36 bits per heavy atom. The van der Waals surface area contributed by atoms with Crippen LogP contribution in [0.3, 0.4) is 0 Å². The lowest BCUT2D eigenvalue weighted by Gasteiger charge is -2.30. The first kappa shape index (κ1) is 51.4. The fourth-order valence-electron chi connectivity index (χ4n) is 15.2. The Morgan fingerprint density at radius 1 is 0.211 bits per heavy atom. The van der Waals surface area contributed by atoms with Crippen LogP contribution in [-0.2, 0) is 5.41 Å². The molecule has 90 heavy (non-hydrogen) atoms. The smallest absolute Gasteiger partial charge is 0.0725 e. The zero-order chi connectivity index (χ0) is 59.0. The fourth-order valence-corrected chi connectivity index (χ4v) is 18.7. The molecule has 3 heterocycles. The molecule has 2 aliphatic carbocycles. The summed E-state index contributed by atoms with van der Waals surface area (Å²) in [4.78, 5) is 4.95. The normalized spacial score (nSPS) is 12.8. The van der Waals surface area contributed by atoms with Crippen LogP contribution in [0.4, 0.5) is 34.1 Å². The molecule has 0 aliphatic heterocycles. The molecule has 0 amide bonds. The van der Waals surface area contributed by atoms with Gasteiger partial charge in [-0.15, -0.1) is 34.0 Å². The van der Waals surface area contributed by atoms with Gasteiger partial charge in [0.2, 0.25) is 0 Å². The van der Waals surface area contributed by atoms with E-state index in [1.807, 2.05) is 34.0 Å². The lowest BCUT2D eigenvalue weighted by Crippen LogP contribution is -2.25. The molecule has 0 unspecified atom stereocenters. The molecule has 14 aromatic carbocycles. The van der Waals surface area contributed by atoms with Crippen LogP contribution in [0.5, 0.6) is 0 Å². The van der Waals surface area contributed by atoms with Gasteiger partial charge in [0, 0.05) is 89.7 Å². The van der Waals surface area contributed by atoms with Crippen molar-refractivity contribution < 1.29 is 0 Å². The van der Waals surface area contributed by atoms with Gasteiger partial charge in [0.05, 0.1) is 21.5 Å². The van der Waals surface area contributed by atoms with Crippen molar-refractivity contribution in [1.29, 1.82) is 0 Å². The number of nitrogens with zero attached hydrogens (tertiary/aromatic N) is 2. The number of para-hydroxylation sites is 2. The van der Waals surface area contributed by atoms with Crippen molar-refractivity contribution in [2.45, 2.75) is 5.41 Å². The summed E-state index contributed by atoms with van der Waals surface area (Å²) in [5.74, 6) is 0. The van der Waals surface area contributed by atoms with Gasteiger partial charge in [-0.1, -0.05) is 218 Å². The molecule has 420 valence electrons. The Labute approximate surface area is 533 Å². The van der Waals surface area contributed by atoms with Gasteiger partial charge in [0.1, 0.15) is 0 Å². The van der Waals surface area contributed by atoms with Crippen LogP contribution < -0.4 is 9.80 Å². The van der Waals surface area contributed by atoms with E-state index in [1.165, 1.54) is 138 Å². The van der Waals surface area contributed by atoms with Crippen LogP contribution in [0.1, 0.15) is 22.3 Å². The van der Waals surface area contributed by atoms with Crippen molar-refractivity contribution in [1.82, 2.24) is 0 Å². The predicted octanol–water partition coefficient (Wildman–Crippen LogP) is 25.1.